The first-order valence-corrected chi connectivity index (χ1v) is 7.47. The van der Waals surface area contributed by atoms with Gasteiger partial charge >= 0.3 is 0 Å². The number of aliphatic hydroxyl groups excluding tert-OH is 1. The molecule has 7 heteroatoms. The van der Waals surface area contributed by atoms with Crippen LogP contribution >= 0.6 is 0 Å². The van der Waals surface area contributed by atoms with E-state index in [9.17, 15) is 9.90 Å². The number of likely N-dealkylation sites (tertiary alicyclic amines) is 1. The lowest BCUT2D eigenvalue weighted by Crippen LogP contribution is -2.62. The van der Waals surface area contributed by atoms with Crippen LogP contribution in [0.15, 0.2) is 12.7 Å². The number of methoxy groups -OCH3 is 1. The number of nitrogens with zero attached hydrogens (tertiary/aromatic N) is 4. The highest BCUT2D eigenvalue weighted by Gasteiger charge is 2.56. The van der Waals surface area contributed by atoms with Gasteiger partial charge in [0.05, 0.1) is 12.2 Å². The highest BCUT2D eigenvalue weighted by Crippen LogP contribution is 2.50. The molecule has 0 unspecified atom stereocenters. The molecule has 2 atom stereocenters. The Hall–Kier alpha value is -1.47. The zero-order valence-corrected chi connectivity index (χ0v) is 12.3. The van der Waals surface area contributed by atoms with E-state index >= 15 is 0 Å². The van der Waals surface area contributed by atoms with Gasteiger partial charge < -0.3 is 19.3 Å². The van der Waals surface area contributed by atoms with E-state index in [0.717, 1.165) is 19.3 Å². The third-order valence-electron chi connectivity index (χ3n) is 5.12. The minimum atomic E-state index is -0.281. The van der Waals surface area contributed by atoms with E-state index in [1.165, 1.54) is 0 Å². The average Bonchev–Trinajstić information content (AvgIpc) is 3.03. The van der Waals surface area contributed by atoms with Crippen LogP contribution in [0, 0.1) is 5.41 Å². The molecule has 1 amide bonds. The maximum Gasteiger partial charge on any atom is 0.224 e. The quantitative estimate of drug-likeness (QED) is 0.849. The number of carbonyl (C=O) groups is 1. The Balaban J connectivity index is 1.50. The molecule has 1 aliphatic carbocycles. The number of amides is 1. The molecule has 3 rings (SSSR count). The SMILES string of the molecule is CO[C@@H]1C[C@H](O)C12CCN(C(=O)CCn1cnnc1)CC2. The number of rotatable bonds is 4. The van der Waals surface area contributed by atoms with Crippen LogP contribution in [0.5, 0.6) is 0 Å². The second-order valence-corrected chi connectivity index (χ2v) is 6.04. The molecule has 7 nitrogen and oxygen atoms in total. The molecule has 0 aromatic carbocycles. The van der Waals surface area contributed by atoms with Crippen LogP contribution in [-0.2, 0) is 16.1 Å². The number of aryl methyl sites for hydroxylation is 1. The van der Waals surface area contributed by atoms with Gasteiger partial charge in [0.2, 0.25) is 5.91 Å². The lowest BCUT2D eigenvalue weighted by atomic mass is 9.58. The summed E-state index contributed by atoms with van der Waals surface area (Å²) in [7, 11) is 1.70. The highest BCUT2D eigenvalue weighted by atomic mass is 16.5. The van der Waals surface area contributed by atoms with E-state index in [-0.39, 0.29) is 23.5 Å². The molecule has 1 aromatic heterocycles. The van der Waals surface area contributed by atoms with Gasteiger partial charge in [-0.2, -0.15) is 0 Å². The fraction of sp³-hybridized carbons (Fsp3) is 0.786. The summed E-state index contributed by atoms with van der Waals surface area (Å²) in [6.45, 7) is 2.02. The summed E-state index contributed by atoms with van der Waals surface area (Å²) in [5.41, 5.74) is -0.125. The van der Waals surface area contributed by atoms with Gasteiger partial charge in [0.15, 0.2) is 0 Å². The van der Waals surface area contributed by atoms with E-state index in [1.807, 2.05) is 4.90 Å². The highest BCUT2D eigenvalue weighted by molar-refractivity contribution is 5.76. The Labute approximate surface area is 123 Å². The van der Waals surface area contributed by atoms with Gasteiger partial charge in [0, 0.05) is 45.0 Å². The Bertz CT molecular complexity index is 482. The number of ether oxygens (including phenoxy) is 1. The van der Waals surface area contributed by atoms with Crippen LogP contribution in [0.25, 0.3) is 0 Å². The lowest BCUT2D eigenvalue weighted by Gasteiger charge is -2.56. The summed E-state index contributed by atoms with van der Waals surface area (Å²) >= 11 is 0. The minimum Gasteiger partial charge on any atom is -0.392 e. The number of hydrogen-bond donors (Lipinski definition) is 1. The maximum atomic E-state index is 12.2. The lowest BCUT2D eigenvalue weighted by molar-refractivity contribution is -0.202. The summed E-state index contributed by atoms with van der Waals surface area (Å²) in [5.74, 6) is 0.154. The van der Waals surface area contributed by atoms with E-state index in [4.69, 9.17) is 4.74 Å². The average molecular weight is 294 g/mol. The molecule has 1 N–H and O–H groups in total. The predicted octanol–water partition coefficient (Wildman–Crippen LogP) is 0.0566. The van der Waals surface area contributed by atoms with Gasteiger partial charge in [-0.25, -0.2) is 0 Å². The predicted molar refractivity (Wildman–Crippen MR) is 74.3 cm³/mol. The standard InChI is InChI=1S/C14H22N4O3/c1-21-12-8-11(19)14(12)3-6-18(7-4-14)13(20)2-5-17-9-15-16-10-17/h9-12,19H,2-8H2,1H3/t11-,12+/m0/s1. The molecule has 1 aromatic rings. The molecule has 1 spiro atoms. The van der Waals surface area contributed by atoms with Gasteiger partial charge in [0.1, 0.15) is 12.7 Å². The largest absolute Gasteiger partial charge is 0.392 e. The number of carbonyl (C=O) groups excluding carboxylic acids is 1. The first kappa shape index (κ1) is 14.5. The van der Waals surface area contributed by atoms with Crippen molar-refractivity contribution in [3.8, 4) is 0 Å². The summed E-state index contributed by atoms with van der Waals surface area (Å²) in [4.78, 5) is 14.1. The van der Waals surface area contributed by atoms with Gasteiger partial charge in [-0.05, 0) is 12.8 Å². The van der Waals surface area contributed by atoms with Crippen LogP contribution in [0.4, 0.5) is 0 Å². The van der Waals surface area contributed by atoms with Crippen LogP contribution in [0.1, 0.15) is 25.7 Å². The molecule has 1 aliphatic heterocycles. The topological polar surface area (TPSA) is 80.5 Å². The van der Waals surface area contributed by atoms with E-state index in [1.54, 1.807) is 24.3 Å². The smallest absolute Gasteiger partial charge is 0.224 e. The molecule has 1 saturated carbocycles. The molecule has 1 saturated heterocycles. The second-order valence-electron chi connectivity index (χ2n) is 6.04. The van der Waals surface area contributed by atoms with Crippen molar-refractivity contribution < 1.29 is 14.6 Å². The van der Waals surface area contributed by atoms with Crippen LogP contribution < -0.4 is 0 Å². The van der Waals surface area contributed by atoms with E-state index in [0.29, 0.717) is 26.1 Å². The van der Waals surface area contributed by atoms with Crippen LogP contribution in [0.2, 0.25) is 0 Å². The van der Waals surface area contributed by atoms with Crippen molar-refractivity contribution in [2.24, 2.45) is 5.41 Å². The first-order chi connectivity index (χ1) is 10.2. The Kier molecular flexibility index (Phi) is 3.95. The van der Waals surface area contributed by atoms with Crippen molar-refractivity contribution in [3.05, 3.63) is 12.7 Å². The molecule has 2 heterocycles. The van der Waals surface area contributed by atoms with Crippen molar-refractivity contribution in [3.63, 3.8) is 0 Å². The normalized spacial score (nSPS) is 27.6. The van der Waals surface area contributed by atoms with Crippen molar-refractivity contribution >= 4 is 5.91 Å². The zero-order chi connectivity index (χ0) is 14.9. The molecular formula is C14H22N4O3. The number of piperidine rings is 1. The molecule has 116 valence electrons. The van der Waals surface area contributed by atoms with Crippen molar-refractivity contribution in [2.75, 3.05) is 20.2 Å². The van der Waals surface area contributed by atoms with Gasteiger partial charge in [-0.1, -0.05) is 0 Å². The fourth-order valence-electron chi connectivity index (χ4n) is 3.61. The fourth-order valence-corrected chi connectivity index (χ4v) is 3.61. The van der Waals surface area contributed by atoms with Gasteiger partial charge in [0.25, 0.3) is 0 Å². The van der Waals surface area contributed by atoms with Crippen molar-refractivity contribution in [1.82, 2.24) is 19.7 Å². The first-order valence-electron chi connectivity index (χ1n) is 7.47. The zero-order valence-electron chi connectivity index (χ0n) is 12.3. The minimum absolute atomic E-state index is 0.125. The molecular weight excluding hydrogens is 272 g/mol. The monoisotopic (exact) mass is 294 g/mol. The number of hydrogen-bond acceptors (Lipinski definition) is 5. The molecule has 2 fully saturated rings. The summed E-state index contributed by atoms with van der Waals surface area (Å²) < 4.78 is 7.27. The van der Waals surface area contributed by atoms with E-state index < -0.39 is 0 Å². The molecule has 21 heavy (non-hydrogen) atoms. The maximum absolute atomic E-state index is 12.2. The third kappa shape index (κ3) is 2.55. The molecule has 0 bridgehead atoms. The van der Waals surface area contributed by atoms with Crippen LogP contribution in [-0.4, -0.2) is 63.1 Å². The number of aromatic nitrogens is 3. The van der Waals surface area contributed by atoms with Crippen LogP contribution in [0.3, 0.4) is 0 Å². The van der Waals surface area contributed by atoms with E-state index in [2.05, 4.69) is 10.2 Å². The molecule has 2 aliphatic rings. The summed E-state index contributed by atoms with van der Waals surface area (Å²) in [6, 6.07) is 0. The molecule has 0 radical (unpaired) electrons. The van der Waals surface area contributed by atoms with Crippen molar-refractivity contribution in [1.29, 1.82) is 0 Å². The summed E-state index contributed by atoms with van der Waals surface area (Å²) in [6.07, 6.45) is 5.92. The Morgan fingerprint density at radius 2 is 2.05 bits per heavy atom. The summed E-state index contributed by atoms with van der Waals surface area (Å²) in [5, 5.41) is 17.5. The van der Waals surface area contributed by atoms with Crippen molar-refractivity contribution in [2.45, 2.75) is 44.4 Å². The Morgan fingerprint density at radius 1 is 1.38 bits per heavy atom. The number of aliphatic hydroxyl groups is 1. The van der Waals surface area contributed by atoms with Gasteiger partial charge in [-0.15, -0.1) is 10.2 Å². The third-order valence-corrected chi connectivity index (χ3v) is 5.12. The Morgan fingerprint density at radius 3 is 2.62 bits per heavy atom. The second kappa shape index (κ2) is 5.73. The van der Waals surface area contributed by atoms with Gasteiger partial charge in [-0.3, -0.25) is 4.79 Å².